The summed E-state index contributed by atoms with van der Waals surface area (Å²) in [5.74, 6) is 0.655. The number of rotatable bonds is 6. The zero-order valence-corrected chi connectivity index (χ0v) is 19.5. The highest BCUT2D eigenvalue weighted by atomic mass is 32.1. The number of amides is 1. The number of carbonyl (C=O) groups is 1. The van der Waals surface area contributed by atoms with E-state index in [1.807, 2.05) is 79.9 Å². The Kier molecular flexibility index (Phi) is 6.53. The number of hydrogen-bond acceptors (Lipinski definition) is 5. The fraction of sp³-hybridized carbons (Fsp3) is 0.148. The standard InChI is InChI=1S/C27H23N3O2S/c1-18-4-13-26(19(2)14-18)30(20(3)31)27-29-24(17-33-27)16-32-25-11-9-23(10-12-25)22-7-5-21(15-28)6-8-22/h4-14,17H,16H2,1-3H3. The van der Waals surface area contributed by atoms with Crippen LogP contribution in [-0.4, -0.2) is 10.9 Å². The van der Waals surface area contributed by atoms with Gasteiger partial charge in [-0.2, -0.15) is 5.26 Å². The third-order valence-corrected chi connectivity index (χ3v) is 6.10. The van der Waals surface area contributed by atoms with E-state index in [9.17, 15) is 4.79 Å². The number of thiazole rings is 1. The van der Waals surface area contributed by atoms with Crippen LogP contribution in [0.2, 0.25) is 0 Å². The maximum absolute atomic E-state index is 12.4. The second-order valence-electron chi connectivity index (χ2n) is 7.77. The predicted octanol–water partition coefficient (Wildman–Crippen LogP) is 6.56. The van der Waals surface area contributed by atoms with Crippen LogP contribution in [-0.2, 0) is 11.4 Å². The highest BCUT2D eigenvalue weighted by Crippen LogP contribution is 2.32. The first-order valence-corrected chi connectivity index (χ1v) is 11.4. The SMILES string of the molecule is CC(=O)N(c1nc(COc2ccc(-c3ccc(C#N)cc3)cc2)cs1)c1ccc(C)cc1C. The number of hydrogen-bond donors (Lipinski definition) is 0. The highest BCUT2D eigenvalue weighted by Gasteiger charge is 2.19. The van der Waals surface area contributed by atoms with Gasteiger partial charge in [-0.3, -0.25) is 9.69 Å². The molecule has 4 rings (SSSR count). The Morgan fingerprint density at radius 1 is 1.03 bits per heavy atom. The van der Waals surface area contributed by atoms with E-state index in [1.54, 1.807) is 11.8 Å². The first-order chi connectivity index (χ1) is 15.9. The van der Waals surface area contributed by atoms with Crippen LogP contribution in [0.5, 0.6) is 5.75 Å². The molecule has 33 heavy (non-hydrogen) atoms. The van der Waals surface area contributed by atoms with Gasteiger partial charge in [0.15, 0.2) is 5.13 Å². The van der Waals surface area contributed by atoms with E-state index >= 15 is 0 Å². The molecule has 164 valence electrons. The van der Waals surface area contributed by atoms with Gasteiger partial charge in [-0.15, -0.1) is 11.3 Å². The Morgan fingerprint density at radius 3 is 2.30 bits per heavy atom. The van der Waals surface area contributed by atoms with Crippen LogP contribution in [0.15, 0.2) is 72.1 Å². The van der Waals surface area contributed by atoms with Crippen LogP contribution in [0.1, 0.15) is 29.3 Å². The van der Waals surface area contributed by atoms with Crippen molar-refractivity contribution in [3.05, 3.63) is 94.5 Å². The minimum absolute atomic E-state index is 0.0813. The topological polar surface area (TPSA) is 66.2 Å². The molecule has 0 aliphatic heterocycles. The quantitative estimate of drug-likeness (QED) is 0.331. The Balaban J connectivity index is 1.45. The number of ether oxygens (including phenoxy) is 1. The molecule has 1 aromatic heterocycles. The number of nitrogens with zero attached hydrogens (tertiary/aromatic N) is 3. The molecule has 0 fully saturated rings. The highest BCUT2D eigenvalue weighted by molar-refractivity contribution is 7.14. The second-order valence-corrected chi connectivity index (χ2v) is 8.60. The summed E-state index contributed by atoms with van der Waals surface area (Å²) in [4.78, 5) is 18.7. The number of nitriles is 1. The molecule has 5 nitrogen and oxygen atoms in total. The summed E-state index contributed by atoms with van der Waals surface area (Å²) in [6, 6.07) is 23.4. The zero-order chi connectivity index (χ0) is 23.4. The minimum Gasteiger partial charge on any atom is -0.487 e. The van der Waals surface area contributed by atoms with Crippen molar-refractivity contribution in [2.45, 2.75) is 27.4 Å². The maximum Gasteiger partial charge on any atom is 0.230 e. The summed E-state index contributed by atoms with van der Waals surface area (Å²) >= 11 is 1.42. The molecule has 6 heteroatoms. The molecular formula is C27H23N3O2S. The van der Waals surface area contributed by atoms with E-state index in [2.05, 4.69) is 17.1 Å². The molecule has 0 atom stereocenters. The van der Waals surface area contributed by atoms with Crippen molar-refractivity contribution in [1.29, 1.82) is 5.26 Å². The van der Waals surface area contributed by atoms with Gasteiger partial charge < -0.3 is 4.74 Å². The Labute approximate surface area is 197 Å². The smallest absolute Gasteiger partial charge is 0.230 e. The van der Waals surface area contributed by atoms with Gasteiger partial charge in [0.05, 0.1) is 23.0 Å². The Morgan fingerprint density at radius 2 is 1.70 bits per heavy atom. The van der Waals surface area contributed by atoms with Crippen LogP contribution in [0.25, 0.3) is 11.1 Å². The molecule has 1 amide bonds. The van der Waals surface area contributed by atoms with Gasteiger partial charge >= 0.3 is 0 Å². The summed E-state index contributed by atoms with van der Waals surface area (Å²) in [5.41, 5.74) is 6.52. The monoisotopic (exact) mass is 453 g/mol. The van der Waals surface area contributed by atoms with E-state index < -0.39 is 0 Å². The van der Waals surface area contributed by atoms with Crippen molar-refractivity contribution in [1.82, 2.24) is 4.98 Å². The fourth-order valence-electron chi connectivity index (χ4n) is 3.57. The lowest BCUT2D eigenvalue weighted by molar-refractivity contribution is -0.115. The van der Waals surface area contributed by atoms with Crippen LogP contribution < -0.4 is 9.64 Å². The lowest BCUT2D eigenvalue weighted by atomic mass is 10.0. The van der Waals surface area contributed by atoms with Crippen molar-refractivity contribution in [3.8, 4) is 22.9 Å². The molecule has 0 bridgehead atoms. The number of benzene rings is 3. The predicted molar refractivity (Wildman–Crippen MR) is 132 cm³/mol. The molecule has 0 N–H and O–H groups in total. The van der Waals surface area contributed by atoms with Gasteiger partial charge in [0, 0.05) is 12.3 Å². The molecule has 0 saturated carbocycles. The summed E-state index contributed by atoms with van der Waals surface area (Å²) < 4.78 is 5.92. The van der Waals surface area contributed by atoms with Crippen LogP contribution in [0.4, 0.5) is 10.8 Å². The molecule has 0 aliphatic carbocycles. The molecule has 0 unspecified atom stereocenters. The molecule has 0 aliphatic rings. The van der Waals surface area contributed by atoms with Crippen molar-refractivity contribution in [3.63, 3.8) is 0 Å². The van der Waals surface area contributed by atoms with E-state index in [-0.39, 0.29) is 5.91 Å². The molecule has 3 aromatic carbocycles. The van der Waals surface area contributed by atoms with E-state index in [0.29, 0.717) is 17.3 Å². The van der Waals surface area contributed by atoms with Crippen LogP contribution >= 0.6 is 11.3 Å². The van der Waals surface area contributed by atoms with Crippen molar-refractivity contribution in [2.75, 3.05) is 4.90 Å². The molecular weight excluding hydrogens is 430 g/mol. The Bertz CT molecular complexity index is 1320. The van der Waals surface area contributed by atoms with E-state index in [4.69, 9.17) is 10.00 Å². The number of carbonyl (C=O) groups excluding carboxylic acids is 1. The summed E-state index contributed by atoms with van der Waals surface area (Å²) in [6.45, 7) is 5.89. The van der Waals surface area contributed by atoms with Crippen molar-refractivity contribution >= 4 is 28.1 Å². The molecule has 4 aromatic rings. The number of aryl methyl sites for hydroxylation is 2. The second kappa shape index (κ2) is 9.68. The maximum atomic E-state index is 12.4. The normalized spacial score (nSPS) is 10.5. The van der Waals surface area contributed by atoms with Gasteiger partial charge in [-0.05, 0) is 60.9 Å². The largest absolute Gasteiger partial charge is 0.487 e. The van der Waals surface area contributed by atoms with Gasteiger partial charge in [0.2, 0.25) is 5.91 Å². The third-order valence-electron chi connectivity index (χ3n) is 5.23. The van der Waals surface area contributed by atoms with Crippen LogP contribution in [0, 0.1) is 25.2 Å². The summed E-state index contributed by atoms with van der Waals surface area (Å²) in [5, 5.41) is 11.5. The van der Waals surface area contributed by atoms with Crippen molar-refractivity contribution < 1.29 is 9.53 Å². The average molecular weight is 454 g/mol. The lowest BCUT2D eigenvalue weighted by Gasteiger charge is -2.20. The van der Waals surface area contributed by atoms with E-state index in [0.717, 1.165) is 39.4 Å². The zero-order valence-electron chi connectivity index (χ0n) is 18.7. The van der Waals surface area contributed by atoms with Gasteiger partial charge in [0.1, 0.15) is 12.4 Å². The molecule has 0 saturated heterocycles. The first-order valence-electron chi connectivity index (χ1n) is 10.5. The molecule has 0 radical (unpaired) electrons. The molecule has 1 heterocycles. The fourth-order valence-corrected chi connectivity index (χ4v) is 4.43. The summed E-state index contributed by atoms with van der Waals surface area (Å²) in [6.07, 6.45) is 0. The van der Waals surface area contributed by atoms with E-state index in [1.165, 1.54) is 11.3 Å². The first kappa shape index (κ1) is 22.3. The summed E-state index contributed by atoms with van der Waals surface area (Å²) in [7, 11) is 0. The van der Waals surface area contributed by atoms with Crippen molar-refractivity contribution in [2.24, 2.45) is 0 Å². The average Bonchev–Trinajstić information content (AvgIpc) is 3.28. The number of anilines is 2. The number of aromatic nitrogens is 1. The Hall–Kier alpha value is -3.95. The third kappa shape index (κ3) is 5.11. The lowest BCUT2D eigenvalue weighted by Crippen LogP contribution is -2.23. The van der Waals surface area contributed by atoms with Gasteiger partial charge in [-0.1, -0.05) is 42.0 Å². The van der Waals surface area contributed by atoms with Gasteiger partial charge in [0.25, 0.3) is 0 Å². The van der Waals surface area contributed by atoms with Gasteiger partial charge in [-0.25, -0.2) is 4.98 Å². The molecule has 0 spiro atoms. The van der Waals surface area contributed by atoms with Crippen LogP contribution in [0.3, 0.4) is 0 Å². The minimum atomic E-state index is -0.0813.